The fraction of sp³-hybridized carbons (Fsp3) is 0.111. The number of carbonyl (C=O) groups excluding carboxylic acids is 2. The van der Waals surface area contributed by atoms with Gasteiger partial charge in [0.2, 0.25) is 11.8 Å². The molecule has 0 heterocycles. The topological polar surface area (TPSA) is 67.4 Å². The molecule has 0 aromatic heterocycles. The fourth-order valence-electron chi connectivity index (χ4n) is 2.10. The Morgan fingerprint density at radius 1 is 1.04 bits per heavy atom. The molecule has 0 unspecified atom stereocenters. The first-order valence-electron chi connectivity index (χ1n) is 7.28. The van der Waals surface area contributed by atoms with Crippen molar-refractivity contribution < 1.29 is 14.3 Å². The van der Waals surface area contributed by atoms with Gasteiger partial charge in [0.15, 0.2) is 0 Å². The highest BCUT2D eigenvalue weighted by Crippen LogP contribution is 2.28. The Labute approximate surface area is 155 Å². The molecule has 0 atom stereocenters. The molecule has 0 saturated carbocycles. The summed E-state index contributed by atoms with van der Waals surface area (Å²) in [5.74, 6) is -0.101. The van der Waals surface area contributed by atoms with Crippen molar-refractivity contribution >= 4 is 52.5 Å². The largest absolute Gasteiger partial charge is 0.495 e. The van der Waals surface area contributed by atoms with E-state index in [0.717, 1.165) is 0 Å². The summed E-state index contributed by atoms with van der Waals surface area (Å²) in [6, 6.07) is 9.94. The lowest BCUT2D eigenvalue weighted by Gasteiger charge is -2.11. The average molecular weight is 379 g/mol. The number of methoxy groups -OCH3 is 1. The molecule has 25 heavy (non-hydrogen) atoms. The number of hydrogen-bond acceptors (Lipinski definition) is 3. The number of carbonyl (C=O) groups is 2. The van der Waals surface area contributed by atoms with Gasteiger partial charge in [-0.3, -0.25) is 9.59 Å². The minimum atomic E-state index is -0.366. The van der Waals surface area contributed by atoms with E-state index < -0.39 is 0 Å². The van der Waals surface area contributed by atoms with Crippen LogP contribution in [0.5, 0.6) is 5.75 Å². The normalized spacial score (nSPS) is 10.6. The molecule has 0 radical (unpaired) electrons. The van der Waals surface area contributed by atoms with Crippen LogP contribution in [0, 0.1) is 0 Å². The molecular formula is C18H16Cl2N2O3. The number of amides is 2. The zero-order valence-electron chi connectivity index (χ0n) is 13.6. The van der Waals surface area contributed by atoms with Crippen LogP contribution in [0.1, 0.15) is 12.5 Å². The van der Waals surface area contributed by atoms with E-state index in [1.54, 1.807) is 42.5 Å². The summed E-state index contributed by atoms with van der Waals surface area (Å²) in [5, 5.41) is 6.32. The number of anilines is 2. The van der Waals surface area contributed by atoms with Crippen LogP contribution >= 0.6 is 23.2 Å². The summed E-state index contributed by atoms with van der Waals surface area (Å²) in [5.41, 5.74) is 1.69. The second-order valence-electron chi connectivity index (χ2n) is 5.12. The Morgan fingerprint density at radius 2 is 1.72 bits per heavy atom. The van der Waals surface area contributed by atoms with E-state index in [1.165, 1.54) is 20.1 Å². The standard InChI is InChI=1S/C18H16Cl2N2O3/c1-11(23)21-15-4-5-17(25-2)16(10-15)22-18(24)6-3-12-7-13(19)9-14(20)8-12/h3-10H,1-2H3,(H,21,23)(H,22,24)/b6-3+. The maximum Gasteiger partial charge on any atom is 0.248 e. The molecule has 0 aliphatic carbocycles. The summed E-state index contributed by atoms with van der Waals surface area (Å²) in [7, 11) is 1.49. The number of nitrogens with one attached hydrogen (secondary N) is 2. The van der Waals surface area contributed by atoms with E-state index >= 15 is 0 Å². The zero-order valence-corrected chi connectivity index (χ0v) is 15.1. The highest BCUT2D eigenvalue weighted by molar-refractivity contribution is 6.34. The molecule has 0 spiro atoms. The van der Waals surface area contributed by atoms with Crippen LogP contribution < -0.4 is 15.4 Å². The molecule has 2 rings (SSSR count). The molecule has 0 saturated heterocycles. The molecule has 5 nitrogen and oxygen atoms in total. The van der Waals surface area contributed by atoms with Gasteiger partial charge in [-0.15, -0.1) is 0 Å². The molecule has 130 valence electrons. The van der Waals surface area contributed by atoms with Crippen LogP contribution in [0.25, 0.3) is 6.08 Å². The highest BCUT2D eigenvalue weighted by Gasteiger charge is 2.08. The highest BCUT2D eigenvalue weighted by atomic mass is 35.5. The third-order valence-corrected chi connectivity index (χ3v) is 3.53. The summed E-state index contributed by atoms with van der Waals surface area (Å²) < 4.78 is 5.21. The molecule has 7 heteroatoms. The van der Waals surface area contributed by atoms with Crippen LogP contribution in [0.4, 0.5) is 11.4 Å². The van der Waals surface area contributed by atoms with E-state index in [-0.39, 0.29) is 11.8 Å². The number of benzene rings is 2. The number of halogens is 2. The van der Waals surface area contributed by atoms with Gasteiger partial charge >= 0.3 is 0 Å². The van der Waals surface area contributed by atoms with Crippen molar-refractivity contribution in [2.75, 3.05) is 17.7 Å². The summed E-state index contributed by atoms with van der Waals surface area (Å²) in [6.45, 7) is 1.40. The Hall–Kier alpha value is -2.50. The monoisotopic (exact) mass is 378 g/mol. The van der Waals surface area contributed by atoms with Gasteiger partial charge in [-0.25, -0.2) is 0 Å². The SMILES string of the molecule is COc1ccc(NC(C)=O)cc1NC(=O)/C=C/c1cc(Cl)cc(Cl)c1. The van der Waals surface area contributed by atoms with Crippen molar-refractivity contribution in [3.05, 3.63) is 58.1 Å². The lowest BCUT2D eigenvalue weighted by molar-refractivity contribution is -0.114. The summed E-state index contributed by atoms with van der Waals surface area (Å²) >= 11 is 11.8. The first kappa shape index (κ1) is 18.8. The average Bonchev–Trinajstić information content (AvgIpc) is 2.52. The van der Waals surface area contributed by atoms with Gasteiger partial charge in [-0.2, -0.15) is 0 Å². The minimum absolute atomic E-state index is 0.208. The molecule has 0 aliphatic rings. The predicted octanol–water partition coefficient (Wildman–Crippen LogP) is 4.61. The molecule has 0 aliphatic heterocycles. The lowest BCUT2D eigenvalue weighted by Crippen LogP contribution is -2.10. The molecule has 0 bridgehead atoms. The quantitative estimate of drug-likeness (QED) is 0.746. The van der Waals surface area contributed by atoms with Crippen molar-refractivity contribution in [3.63, 3.8) is 0 Å². The van der Waals surface area contributed by atoms with Gasteiger partial charge < -0.3 is 15.4 Å². The molecule has 2 N–H and O–H groups in total. The van der Waals surface area contributed by atoms with E-state index in [1.807, 2.05) is 0 Å². The first-order valence-corrected chi connectivity index (χ1v) is 8.04. The lowest BCUT2D eigenvalue weighted by atomic mass is 10.2. The predicted molar refractivity (Wildman–Crippen MR) is 101 cm³/mol. The second kappa shape index (κ2) is 8.55. The summed E-state index contributed by atoms with van der Waals surface area (Å²) in [4.78, 5) is 23.3. The fourth-order valence-corrected chi connectivity index (χ4v) is 2.65. The van der Waals surface area contributed by atoms with E-state index in [0.29, 0.717) is 32.7 Å². The van der Waals surface area contributed by atoms with Crippen LogP contribution in [0.3, 0.4) is 0 Å². The van der Waals surface area contributed by atoms with E-state index in [4.69, 9.17) is 27.9 Å². The van der Waals surface area contributed by atoms with Gasteiger partial charge in [-0.05, 0) is 48.0 Å². The number of ether oxygens (including phenoxy) is 1. The van der Waals surface area contributed by atoms with Crippen LogP contribution in [0.15, 0.2) is 42.5 Å². The van der Waals surface area contributed by atoms with Crippen LogP contribution in [-0.4, -0.2) is 18.9 Å². The maximum atomic E-state index is 12.2. The van der Waals surface area contributed by atoms with Gasteiger partial charge in [0.1, 0.15) is 5.75 Å². The minimum Gasteiger partial charge on any atom is -0.495 e. The second-order valence-corrected chi connectivity index (χ2v) is 5.99. The third-order valence-electron chi connectivity index (χ3n) is 3.09. The van der Waals surface area contributed by atoms with Gasteiger partial charge in [0.05, 0.1) is 12.8 Å². The van der Waals surface area contributed by atoms with Crippen molar-refractivity contribution in [2.24, 2.45) is 0 Å². The van der Waals surface area contributed by atoms with Gasteiger partial charge in [0.25, 0.3) is 0 Å². The third kappa shape index (κ3) is 5.81. The Kier molecular flexibility index (Phi) is 6.44. The van der Waals surface area contributed by atoms with Crippen molar-refractivity contribution in [2.45, 2.75) is 6.92 Å². The molecule has 2 amide bonds. The molecule has 2 aromatic carbocycles. The van der Waals surface area contributed by atoms with Crippen LogP contribution in [-0.2, 0) is 9.59 Å². The maximum absolute atomic E-state index is 12.2. The van der Waals surface area contributed by atoms with Gasteiger partial charge in [-0.1, -0.05) is 23.2 Å². The van der Waals surface area contributed by atoms with Gasteiger partial charge in [0, 0.05) is 28.7 Å². The van der Waals surface area contributed by atoms with Crippen molar-refractivity contribution in [1.29, 1.82) is 0 Å². The molecule has 0 fully saturated rings. The Morgan fingerprint density at radius 3 is 2.32 bits per heavy atom. The number of hydrogen-bond donors (Lipinski definition) is 2. The van der Waals surface area contributed by atoms with E-state index in [2.05, 4.69) is 10.6 Å². The number of rotatable bonds is 5. The first-order chi connectivity index (χ1) is 11.9. The molecular weight excluding hydrogens is 363 g/mol. The Bertz CT molecular complexity index is 815. The Balaban J connectivity index is 2.15. The zero-order chi connectivity index (χ0) is 18.4. The van der Waals surface area contributed by atoms with Crippen molar-refractivity contribution in [1.82, 2.24) is 0 Å². The summed E-state index contributed by atoms with van der Waals surface area (Å²) in [6.07, 6.45) is 2.95. The van der Waals surface area contributed by atoms with E-state index in [9.17, 15) is 9.59 Å². The van der Waals surface area contributed by atoms with Crippen LogP contribution in [0.2, 0.25) is 10.0 Å². The van der Waals surface area contributed by atoms with Crippen molar-refractivity contribution in [3.8, 4) is 5.75 Å². The molecule has 2 aromatic rings. The smallest absolute Gasteiger partial charge is 0.248 e.